The molecule has 2 aromatic carbocycles. The maximum absolute atomic E-state index is 16.7. The zero-order valence-electron chi connectivity index (χ0n) is 22.4. The smallest absolute Gasteiger partial charge is 0.319 e. The summed E-state index contributed by atoms with van der Waals surface area (Å²) in [4.78, 5) is 20.5. The number of pyridine rings is 2. The van der Waals surface area contributed by atoms with E-state index in [1.165, 1.54) is 6.07 Å². The summed E-state index contributed by atoms with van der Waals surface area (Å²) in [5, 5.41) is 16.3. The standard InChI is InChI=1S/C31H26ClFN6O3/c32-21-5-1-4-17-11-19(40)12-20(24(17)21)27-26(33)28-25-29(38-31(37-28)41-10-8-16-3-2-9-34-13-16)39-14-18-6-7-22(35-18)23(39)15-42-30(25)36-27/h1-5,9,11-13,18,22-23,35,40H,6-8,10,14-15H2. The third kappa shape index (κ3) is 4.16. The molecular formula is C31H26ClFN6O3. The van der Waals surface area contributed by atoms with E-state index >= 15 is 4.39 Å². The van der Waals surface area contributed by atoms with Gasteiger partial charge in [-0.3, -0.25) is 4.98 Å². The van der Waals surface area contributed by atoms with Crippen LogP contribution in [0.2, 0.25) is 5.02 Å². The van der Waals surface area contributed by atoms with E-state index < -0.39 is 5.82 Å². The summed E-state index contributed by atoms with van der Waals surface area (Å²) in [7, 11) is 0. The lowest BCUT2D eigenvalue weighted by Gasteiger charge is -2.40. The van der Waals surface area contributed by atoms with E-state index in [1.54, 1.807) is 30.6 Å². The second-order valence-electron chi connectivity index (χ2n) is 11.0. The van der Waals surface area contributed by atoms with Gasteiger partial charge in [-0.25, -0.2) is 9.37 Å². The Kier molecular flexibility index (Phi) is 6.01. The first-order valence-corrected chi connectivity index (χ1v) is 14.4. The topological polar surface area (TPSA) is 106 Å². The van der Waals surface area contributed by atoms with Crippen LogP contribution >= 0.6 is 11.6 Å². The summed E-state index contributed by atoms with van der Waals surface area (Å²) in [5.74, 6) is 0.104. The van der Waals surface area contributed by atoms with Crippen molar-refractivity contribution in [3.63, 3.8) is 0 Å². The number of piperazine rings is 1. The molecule has 5 aromatic rings. The molecule has 9 nitrogen and oxygen atoms in total. The number of halogens is 2. The average molecular weight is 585 g/mol. The molecule has 8 rings (SSSR count). The lowest BCUT2D eigenvalue weighted by atomic mass is 10.00. The highest BCUT2D eigenvalue weighted by Gasteiger charge is 2.44. The van der Waals surface area contributed by atoms with Crippen LogP contribution in [0.1, 0.15) is 18.4 Å². The van der Waals surface area contributed by atoms with Crippen molar-refractivity contribution in [2.24, 2.45) is 0 Å². The van der Waals surface area contributed by atoms with E-state index in [1.807, 2.05) is 18.2 Å². The fourth-order valence-electron chi connectivity index (χ4n) is 6.52. The number of aromatic nitrogens is 4. The van der Waals surface area contributed by atoms with Gasteiger partial charge in [0.25, 0.3) is 0 Å². The van der Waals surface area contributed by atoms with Gasteiger partial charge >= 0.3 is 6.01 Å². The highest BCUT2D eigenvalue weighted by atomic mass is 35.5. The van der Waals surface area contributed by atoms with Crippen LogP contribution in [-0.2, 0) is 6.42 Å². The molecule has 0 amide bonds. The Hall–Kier alpha value is -4.28. The average Bonchev–Trinajstić information content (AvgIpc) is 3.31. The monoisotopic (exact) mass is 584 g/mol. The van der Waals surface area contributed by atoms with Crippen LogP contribution in [0, 0.1) is 5.82 Å². The number of hydrogen-bond donors (Lipinski definition) is 2. The van der Waals surface area contributed by atoms with Gasteiger partial charge in [-0.1, -0.05) is 29.8 Å². The second kappa shape index (κ2) is 9.92. The van der Waals surface area contributed by atoms with Crippen LogP contribution < -0.4 is 19.7 Å². The lowest BCUT2D eigenvalue weighted by molar-refractivity contribution is 0.238. The van der Waals surface area contributed by atoms with Crippen molar-refractivity contribution in [3.05, 3.63) is 71.3 Å². The van der Waals surface area contributed by atoms with Crippen LogP contribution in [0.4, 0.5) is 10.2 Å². The minimum atomic E-state index is -0.665. The van der Waals surface area contributed by atoms with Crippen molar-refractivity contribution in [1.29, 1.82) is 0 Å². The fraction of sp³-hybridized carbons (Fsp3) is 0.290. The molecule has 2 saturated heterocycles. The molecule has 3 aromatic heterocycles. The van der Waals surface area contributed by atoms with Gasteiger partial charge in [0.05, 0.1) is 12.6 Å². The zero-order chi connectivity index (χ0) is 28.4. The van der Waals surface area contributed by atoms with Gasteiger partial charge in [-0.05, 0) is 48.1 Å². The lowest BCUT2D eigenvalue weighted by Crippen LogP contribution is -2.60. The van der Waals surface area contributed by atoms with Crippen molar-refractivity contribution < 1.29 is 19.0 Å². The largest absolute Gasteiger partial charge is 0.508 e. The molecule has 6 heterocycles. The van der Waals surface area contributed by atoms with E-state index in [0.717, 1.165) is 18.4 Å². The SMILES string of the molecule is Oc1cc(-c2nc3c4c(nc(OCCc5cccnc5)nc4c2F)N2CC4CCC(N4)C2CO3)c2c(Cl)cccc2c1. The maximum Gasteiger partial charge on any atom is 0.319 e. The number of phenolic OH excluding ortho intramolecular Hbond substituents is 1. The highest BCUT2D eigenvalue weighted by molar-refractivity contribution is 6.36. The van der Waals surface area contributed by atoms with E-state index in [0.29, 0.717) is 64.8 Å². The van der Waals surface area contributed by atoms with Gasteiger partial charge in [-0.15, -0.1) is 0 Å². The number of hydrogen-bond acceptors (Lipinski definition) is 9. The zero-order valence-corrected chi connectivity index (χ0v) is 23.2. The van der Waals surface area contributed by atoms with E-state index in [4.69, 9.17) is 31.0 Å². The first-order valence-electron chi connectivity index (χ1n) is 14.0. The van der Waals surface area contributed by atoms with Crippen LogP contribution in [0.3, 0.4) is 0 Å². The van der Waals surface area contributed by atoms with Crippen LogP contribution in [0.5, 0.6) is 17.6 Å². The molecule has 42 heavy (non-hydrogen) atoms. The molecule has 3 unspecified atom stereocenters. The molecule has 3 aliphatic rings. The predicted octanol–water partition coefficient (Wildman–Crippen LogP) is 5.06. The Bertz CT molecular complexity index is 1860. The summed E-state index contributed by atoms with van der Waals surface area (Å²) in [5.41, 5.74) is 1.39. The molecule has 3 aliphatic heterocycles. The van der Waals surface area contributed by atoms with Gasteiger partial charge in [0.1, 0.15) is 34.8 Å². The minimum Gasteiger partial charge on any atom is -0.508 e. The van der Waals surface area contributed by atoms with Gasteiger partial charge in [0, 0.05) is 53.4 Å². The number of fused-ring (bicyclic) bond motifs is 6. The molecule has 0 spiro atoms. The number of aromatic hydroxyl groups is 1. The normalized spacial score (nSPS) is 20.8. The number of rotatable bonds is 5. The van der Waals surface area contributed by atoms with Gasteiger partial charge in [0.2, 0.25) is 5.88 Å². The quantitative estimate of drug-likeness (QED) is 0.293. The van der Waals surface area contributed by atoms with Gasteiger partial charge in [0.15, 0.2) is 5.82 Å². The summed E-state index contributed by atoms with van der Waals surface area (Å²) >= 11 is 6.60. The Morgan fingerprint density at radius 1 is 1.12 bits per heavy atom. The summed E-state index contributed by atoms with van der Waals surface area (Å²) in [6.07, 6.45) is 6.18. The molecule has 2 bridgehead atoms. The van der Waals surface area contributed by atoms with Crippen LogP contribution in [0.15, 0.2) is 54.9 Å². The van der Waals surface area contributed by atoms with Crippen molar-refractivity contribution in [2.45, 2.75) is 37.4 Å². The summed E-state index contributed by atoms with van der Waals surface area (Å²) in [6.45, 7) is 1.36. The van der Waals surface area contributed by atoms with Crippen molar-refractivity contribution in [1.82, 2.24) is 25.3 Å². The number of phenols is 1. The van der Waals surface area contributed by atoms with Crippen LogP contribution in [0.25, 0.3) is 32.9 Å². The third-order valence-corrected chi connectivity index (χ3v) is 8.76. The van der Waals surface area contributed by atoms with E-state index in [9.17, 15) is 5.11 Å². The number of nitrogens with zero attached hydrogens (tertiary/aromatic N) is 5. The summed E-state index contributed by atoms with van der Waals surface area (Å²) < 4.78 is 29.1. The molecule has 0 aliphatic carbocycles. The maximum atomic E-state index is 16.7. The number of ether oxygens (including phenoxy) is 2. The van der Waals surface area contributed by atoms with Crippen molar-refractivity contribution in [2.75, 3.05) is 24.7 Å². The van der Waals surface area contributed by atoms with Crippen molar-refractivity contribution in [3.8, 4) is 28.9 Å². The fourth-order valence-corrected chi connectivity index (χ4v) is 6.80. The summed E-state index contributed by atoms with van der Waals surface area (Å²) in [6, 6.07) is 12.8. The molecule has 2 N–H and O–H groups in total. The minimum absolute atomic E-state index is 0.0122. The third-order valence-electron chi connectivity index (χ3n) is 8.44. The highest BCUT2D eigenvalue weighted by Crippen LogP contribution is 2.44. The molecule has 0 radical (unpaired) electrons. The molecule has 2 fully saturated rings. The molecule has 212 valence electrons. The first kappa shape index (κ1) is 25.4. The second-order valence-corrected chi connectivity index (χ2v) is 11.4. The Morgan fingerprint density at radius 2 is 2.05 bits per heavy atom. The molecular weight excluding hydrogens is 559 g/mol. The molecule has 11 heteroatoms. The number of anilines is 1. The predicted molar refractivity (Wildman–Crippen MR) is 157 cm³/mol. The Labute approximate surface area is 245 Å². The van der Waals surface area contributed by atoms with Crippen LogP contribution in [-0.4, -0.2) is 62.9 Å². The van der Waals surface area contributed by atoms with Gasteiger partial charge in [-0.2, -0.15) is 9.97 Å². The molecule has 0 saturated carbocycles. The number of nitrogens with one attached hydrogen (secondary N) is 1. The molecule has 3 atom stereocenters. The Balaban J connectivity index is 1.31. The first-order chi connectivity index (χ1) is 20.5. The van der Waals surface area contributed by atoms with E-state index in [2.05, 4.69) is 20.2 Å². The number of benzene rings is 2. The Morgan fingerprint density at radius 3 is 2.93 bits per heavy atom. The van der Waals surface area contributed by atoms with Gasteiger partial charge < -0.3 is 24.8 Å². The van der Waals surface area contributed by atoms with E-state index in [-0.39, 0.29) is 40.9 Å². The van der Waals surface area contributed by atoms with Crippen molar-refractivity contribution >= 4 is 39.1 Å².